The topological polar surface area (TPSA) is 96.0 Å². The molecule has 0 saturated heterocycles. The molecule has 1 aromatic rings. The highest BCUT2D eigenvalue weighted by molar-refractivity contribution is 7.91. The highest BCUT2D eigenvalue weighted by atomic mass is 32.2. The van der Waals surface area contributed by atoms with Gasteiger partial charge in [0.15, 0.2) is 0 Å². The number of sulfonamides is 1. The van der Waals surface area contributed by atoms with Crippen molar-refractivity contribution in [3.05, 3.63) is 17.0 Å². The van der Waals surface area contributed by atoms with Gasteiger partial charge in [0.25, 0.3) is 0 Å². The van der Waals surface area contributed by atoms with Crippen LogP contribution in [0.2, 0.25) is 0 Å². The molecule has 3 N–H and O–H groups in total. The van der Waals surface area contributed by atoms with Crippen molar-refractivity contribution in [2.75, 3.05) is 6.54 Å². The van der Waals surface area contributed by atoms with Crippen LogP contribution in [0.15, 0.2) is 16.3 Å². The quantitative estimate of drug-likeness (QED) is 0.810. The molecule has 1 atom stereocenters. The zero-order valence-corrected chi connectivity index (χ0v) is 10.4. The van der Waals surface area contributed by atoms with Gasteiger partial charge in [0.05, 0.1) is 0 Å². The van der Waals surface area contributed by atoms with Crippen molar-refractivity contribution in [1.29, 1.82) is 5.26 Å². The van der Waals surface area contributed by atoms with Crippen LogP contribution in [-0.2, 0) is 10.0 Å². The van der Waals surface area contributed by atoms with Crippen LogP contribution in [0.1, 0.15) is 18.2 Å². The highest BCUT2D eigenvalue weighted by Crippen LogP contribution is 2.20. The minimum Gasteiger partial charge on any atom is -0.327 e. The van der Waals surface area contributed by atoms with E-state index in [1.54, 1.807) is 0 Å². The Labute approximate surface area is 98.9 Å². The summed E-state index contributed by atoms with van der Waals surface area (Å²) in [7, 11) is -3.52. The summed E-state index contributed by atoms with van der Waals surface area (Å²) in [5.41, 5.74) is 5.61. The van der Waals surface area contributed by atoms with Gasteiger partial charge in [-0.05, 0) is 18.6 Å². The monoisotopic (exact) mass is 259 g/mol. The van der Waals surface area contributed by atoms with Crippen LogP contribution in [-0.4, -0.2) is 21.0 Å². The summed E-state index contributed by atoms with van der Waals surface area (Å²) in [5.74, 6) is 0. The maximum absolute atomic E-state index is 11.7. The first-order valence-corrected chi connectivity index (χ1v) is 7.04. The molecule has 0 aliphatic heterocycles. The smallest absolute Gasteiger partial charge is 0.250 e. The van der Waals surface area contributed by atoms with Crippen LogP contribution >= 0.6 is 11.3 Å². The van der Waals surface area contributed by atoms with E-state index in [1.165, 1.54) is 12.1 Å². The van der Waals surface area contributed by atoms with Gasteiger partial charge in [0, 0.05) is 12.6 Å². The number of thiophene rings is 1. The number of nitrogens with zero attached hydrogens (tertiary/aromatic N) is 1. The van der Waals surface area contributed by atoms with E-state index in [1.807, 2.05) is 13.0 Å². The Balaban J connectivity index is 2.75. The lowest BCUT2D eigenvalue weighted by Gasteiger charge is -2.09. The van der Waals surface area contributed by atoms with Gasteiger partial charge in [0.1, 0.15) is 15.2 Å². The molecular weight excluding hydrogens is 246 g/mol. The van der Waals surface area contributed by atoms with Crippen LogP contribution in [0.5, 0.6) is 0 Å². The largest absolute Gasteiger partial charge is 0.327 e. The Kier molecular flexibility index (Phi) is 4.44. The molecule has 88 valence electrons. The molecule has 0 aromatic carbocycles. The summed E-state index contributed by atoms with van der Waals surface area (Å²) >= 11 is 0.947. The molecule has 0 spiro atoms. The predicted molar refractivity (Wildman–Crippen MR) is 62.5 cm³/mol. The average Bonchev–Trinajstić information content (AvgIpc) is 2.75. The van der Waals surface area contributed by atoms with Crippen molar-refractivity contribution in [3.63, 3.8) is 0 Å². The SMILES string of the molecule is CCC(N)CNS(=O)(=O)c1ccc(C#N)s1. The third kappa shape index (κ3) is 3.28. The summed E-state index contributed by atoms with van der Waals surface area (Å²) < 4.78 is 26.0. The van der Waals surface area contributed by atoms with Crippen molar-refractivity contribution in [2.24, 2.45) is 5.73 Å². The average molecular weight is 259 g/mol. The first kappa shape index (κ1) is 13.1. The van der Waals surface area contributed by atoms with Crippen molar-refractivity contribution in [1.82, 2.24) is 4.72 Å². The molecule has 0 saturated carbocycles. The summed E-state index contributed by atoms with van der Waals surface area (Å²) in [6.45, 7) is 2.09. The fraction of sp³-hybridized carbons (Fsp3) is 0.444. The minimum atomic E-state index is -3.52. The number of rotatable bonds is 5. The van der Waals surface area contributed by atoms with Gasteiger partial charge in [-0.15, -0.1) is 11.3 Å². The van der Waals surface area contributed by atoms with Crippen LogP contribution in [0.4, 0.5) is 0 Å². The van der Waals surface area contributed by atoms with E-state index >= 15 is 0 Å². The molecule has 0 bridgehead atoms. The van der Waals surface area contributed by atoms with Crippen molar-refractivity contribution < 1.29 is 8.42 Å². The molecule has 0 fully saturated rings. The Morgan fingerprint density at radius 1 is 1.62 bits per heavy atom. The third-order valence-corrected chi connectivity index (χ3v) is 4.92. The molecule has 5 nitrogen and oxygen atoms in total. The van der Waals surface area contributed by atoms with E-state index in [4.69, 9.17) is 11.0 Å². The van der Waals surface area contributed by atoms with Crippen LogP contribution in [0.25, 0.3) is 0 Å². The molecule has 7 heteroatoms. The lowest BCUT2D eigenvalue weighted by Crippen LogP contribution is -2.36. The molecular formula is C9H13N3O2S2. The number of hydrogen-bond donors (Lipinski definition) is 2. The van der Waals surface area contributed by atoms with E-state index in [9.17, 15) is 8.42 Å². The molecule has 1 aromatic heterocycles. The van der Waals surface area contributed by atoms with E-state index in [2.05, 4.69) is 4.72 Å². The maximum atomic E-state index is 11.7. The fourth-order valence-electron chi connectivity index (χ4n) is 0.957. The molecule has 1 unspecified atom stereocenters. The van der Waals surface area contributed by atoms with Gasteiger partial charge in [-0.1, -0.05) is 6.92 Å². The minimum absolute atomic E-state index is 0.146. The summed E-state index contributed by atoms with van der Waals surface area (Å²) in [5, 5.41) is 8.60. The van der Waals surface area contributed by atoms with Crippen LogP contribution < -0.4 is 10.5 Å². The third-order valence-electron chi connectivity index (χ3n) is 2.02. The molecule has 0 amide bonds. The standard InChI is InChI=1S/C9H13N3O2S2/c1-2-7(11)6-12-16(13,14)9-4-3-8(5-10)15-9/h3-4,7,12H,2,6,11H2,1H3. The van der Waals surface area contributed by atoms with Gasteiger partial charge in [-0.2, -0.15) is 5.26 Å². The second-order valence-electron chi connectivity index (χ2n) is 3.25. The zero-order valence-electron chi connectivity index (χ0n) is 8.80. The second kappa shape index (κ2) is 5.41. The van der Waals surface area contributed by atoms with E-state index in [0.717, 1.165) is 11.3 Å². The van der Waals surface area contributed by atoms with Gasteiger partial charge in [0.2, 0.25) is 10.0 Å². The lowest BCUT2D eigenvalue weighted by atomic mass is 10.2. The van der Waals surface area contributed by atoms with E-state index < -0.39 is 10.0 Å². The molecule has 1 rings (SSSR count). The van der Waals surface area contributed by atoms with Crippen molar-refractivity contribution in [3.8, 4) is 6.07 Å². The maximum Gasteiger partial charge on any atom is 0.250 e. The van der Waals surface area contributed by atoms with Gasteiger partial charge < -0.3 is 5.73 Å². The van der Waals surface area contributed by atoms with Crippen LogP contribution in [0.3, 0.4) is 0 Å². The highest BCUT2D eigenvalue weighted by Gasteiger charge is 2.17. The Morgan fingerprint density at radius 2 is 2.31 bits per heavy atom. The Bertz CT molecular complexity index is 487. The summed E-state index contributed by atoms with van der Waals surface area (Å²) in [6, 6.07) is 4.61. The lowest BCUT2D eigenvalue weighted by molar-refractivity contribution is 0.566. The second-order valence-corrected chi connectivity index (χ2v) is 6.33. The zero-order chi connectivity index (χ0) is 12.2. The Hall–Kier alpha value is -0.940. The number of nitriles is 1. The molecule has 0 aliphatic rings. The van der Waals surface area contributed by atoms with E-state index in [-0.39, 0.29) is 16.8 Å². The van der Waals surface area contributed by atoms with Crippen molar-refractivity contribution in [2.45, 2.75) is 23.6 Å². The number of nitrogens with one attached hydrogen (secondary N) is 1. The molecule has 0 aliphatic carbocycles. The van der Waals surface area contributed by atoms with Gasteiger partial charge in [-0.25, -0.2) is 13.1 Å². The fourth-order valence-corrected chi connectivity index (χ4v) is 3.20. The van der Waals surface area contributed by atoms with Crippen LogP contribution in [0, 0.1) is 11.3 Å². The molecule has 16 heavy (non-hydrogen) atoms. The van der Waals surface area contributed by atoms with E-state index in [0.29, 0.717) is 11.3 Å². The predicted octanol–water partition coefficient (Wildman–Crippen LogP) is 0.635. The number of hydrogen-bond acceptors (Lipinski definition) is 5. The van der Waals surface area contributed by atoms with Crippen molar-refractivity contribution >= 4 is 21.4 Å². The summed E-state index contributed by atoms with van der Waals surface area (Å²) in [4.78, 5) is 0.375. The first-order valence-electron chi connectivity index (χ1n) is 4.74. The van der Waals surface area contributed by atoms with Gasteiger partial charge >= 0.3 is 0 Å². The van der Waals surface area contributed by atoms with Gasteiger partial charge in [-0.3, -0.25) is 0 Å². The molecule has 0 radical (unpaired) electrons. The Morgan fingerprint density at radius 3 is 2.81 bits per heavy atom. The number of nitrogens with two attached hydrogens (primary N) is 1. The summed E-state index contributed by atoms with van der Waals surface area (Å²) in [6.07, 6.45) is 0.705. The first-order chi connectivity index (χ1) is 7.49. The molecule has 1 heterocycles. The normalized spacial score (nSPS) is 13.3.